The van der Waals surface area contributed by atoms with Crippen molar-refractivity contribution in [1.29, 1.82) is 0 Å². The minimum atomic E-state index is -0.750. The van der Waals surface area contributed by atoms with Crippen molar-refractivity contribution < 1.29 is 30.6 Å². The average molecular weight is 709 g/mol. The van der Waals surface area contributed by atoms with Crippen LogP contribution in [-0.2, 0) is 0 Å². The Bertz CT molecular complexity index is 3480. The van der Waals surface area contributed by atoms with Crippen LogP contribution in [0.3, 0.4) is 0 Å². The van der Waals surface area contributed by atoms with Gasteiger partial charge in [0.25, 0.3) is 0 Å². The Hall–Kier alpha value is -7.86. The van der Waals surface area contributed by atoms with Crippen LogP contribution < -0.4 is 10.9 Å². The molecule has 12 nitrogen and oxygen atoms in total. The lowest BCUT2D eigenvalue weighted by molar-refractivity contribution is 0.455. The number of nitrogens with one attached hydrogen (secondary N) is 2. The predicted octanol–water partition coefficient (Wildman–Crippen LogP) is 7.55. The molecule has 256 valence electrons. The number of para-hydroxylation sites is 4. The van der Waals surface area contributed by atoms with Crippen LogP contribution in [0.25, 0.3) is 120 Å². The molecule has 54 heavy (non-hydrogen) atoms. The molecular formula is C42H20N4O8. The largest absolute Gasteiger partial charge is 0.507 e. The van der Waals surface area contributed by atoms with Crippen molar-refractivity contribution in [1.82, 2.24) is 19.9 Å². The maximum atomic E-state index is 14.7. The Morgan fingerprint density at radius 1 is 0.370 bits per heavy atom. The fraction of sp³-hybridized carbons (Fsp3) is 0. The van der Waals surface area contributed by atoms with Crippen LogP contribution in [0.4, 0.5) is 0 Å². The summed E-state index contributed by atoms with van der Waals surface area (Å²) in [6.45, 7) is 0. The highest BCUT2D eigenvalue weighted by Crippen LogP contribution is 2.58. The normalized spacial score (nSPS) is 12.7. The third-order valence-corrected chi connectivity index (χ3v) is 11.1. The van der Waals surface area contributed by atoms with Gasteiger partial charge < -0.3 is 40.6 Å². The van der Waals surface area contributed by atoms with Crippen molar-refractivity contribution in [2.75, 3.05) is 0 Å². The van der Waals surface area contributed by atoms with Gasteiger partial charge in [-0.1, -0.05) is 24.3 Å². The molecule has 0 radical (unpaired) electrons. The van der Waals surface area contributed by atoms with Crippen LogP contribution in [0.2, 0.25) is 0 Å². The molecular weight excluding hydrogens is 688 g/mol. The van der Waals surface area contributed by atoms with E-state index in [0.717, 1.165) is 12.1 Å². The standard InChI is InChI=1S/C42H20N4O8/c47-19-9-13(41-43-15-5-1-2-6-16(15)44-41)25-26-14(42-45-17-7-3-4-8-18(17)46-42)10-20(48)30-34(26)38-36-28(22(50)12-24(52)32(36)40(30)54)27-21(49)11-23(51)31-35(27)37(38)33(25)29(19)39(31)53/h1-12,47-52H,(H,43,44)(H,45,46). The zero-order chi connectivity index (χ0) is 36.6. The molecule has 0 bridgehead atoms. The van der Waals surface area contributed by atoms with Gasteiger partial charge in [0.1, 0.15) is 46.1 Å². The first-order valence-electron chi connectivity index (χ1n) is 16.9. The molecule has 12 rings (SSSR count). The number of hydrogen-bond acceptors (Lipinski definition) is 10. The zero-order valence-corrected chi connectivity index (χ0v) is 27.3. The van der Waals surface area contributed by atoms with Gasteiger partial charge in [-0.05, 0) is 36.4 Å². The molecule has 0 aliphatic carbocycles. The lowest BCUT2D eigenvalue weighted by atomic mass is 9.77. The van der Waals surface area contributed by atoms with E-state index >= 15 is 0 Å². The Balaban J connectivity index is 1.51. The van der Waals surface area contributed by atoms with E-state index in [4.69, 9.17) is 9.97 Å². The average Bonchev–Trinajstić information content (AvgIpc) is 3.78. The number of phenolic OH excluding ortho intramolecular Hbond substituents is 6. The Kier molecular flexibility index (Phi) is 4.87. The summed E-state index contributed by atoms with van der Waals surface area (Å²) in [5.74, 6) is -2.36. The highest BCUT2D eigenvalue weighted by atomic mass is 16.3. The van der Waals surface area contributed by atoms with Gasteiger partial charge in [-0.25, -0.2) is 9.97 Å². The summed E-state index contributed by atoms with van der Waals surface area (Å²) >= 11 is 0. The third kappa shape index (κ3) is 3.12. The van der Waals surface area contributed by atoms with Gasteiger partial charge in [-0.3, -0.25) is 9.59 Å². The van der Waals surface area contributed by atoms with Crippen molar-refractivity contribution in [2.45, 2.75) is 0 Å². The number of aromatic hydroxyl groups is 6. The van der Waals surface area contributed by atoms with Crippen molar-refractivity contribution >= 4 is 97.5 Å². The molecule has 0 amide bonds. The van der Waals surface area contributed by atoms with Gasteiger partial charge in [0.2, 0.25) is 10.9 Å². The topological polar surface area (TPSA) is 213 Å². The number of phenols is 6. The van der Waals surface area contributed by atoms with E-state index in [1.165, 1.54) is 12.1 Å². The number of hydrogen-bond donors (Lipinski definition) is 8. The SMILES string of the molecule is O=c1c2c(O)cc(O)c3c4c(O)cc(O)c5c(=O)c6c(O)cc(-c7nc8ccccc8[nH]7)c7c8c(-c9nc%10ccccc%10[nH]9)cc(O)c1c8c(c23)c(c54)c67. The number of aromatic amines is 2. The van der Waals surface area contributed by atoms with Gasteiger partial charge in [0, 0.05) is 77.1 Å². The van der Waals surface area contributed by atoms with Crippen LogP contribution in [0, 0.1) is 0 Å². The third-order valence-electron chi connectivity index (χ3n) is 11.1. The maximum absolute atomic E-state index is 14.7. The van der Waals surface area contributed by atoms with Gasteiger partial charge in [-0.15, -0.1) is 0 Å². The molecule has 0 spiro atoms. The van der Waals surface area contributed by atoms with Gasteiger partial charge in [-0.2, -0.15) is 0 Å². The van der Waals surface area contributed by atoms with Crippen molar-refractivity contribution in [3.8, 4) is 57.3 Å². The number of benzene rings is 10. The molecule has 0 fully saturated rings. The first-order chi connectivity index (χ1) is 26.1. The van der Waals surface area contributed by atoms with E-state index in [2.05, 4.69) is 9.97 Å². The second-order valence-electron chi connectivity index (χ2n) is 13.8. The molecule has 2 heterocycles. The Morgan fingerprint density at radius 3 is 1.07 bits per heavy atom. The van der Waals surface area contributed by atoms with Gasteiger partial charge in [0.15, 0.2) is 0 Å². The van der Waals surface area contributed by atoms with Crippen LogP contribution in [0.5, 0.6) is 34.5 Å². The lowest BCUT2D eigenvalue weighted by Gasteiger charge is -2.25. The molecule has 2 aromatic heterocycles. The summed E-state index contributed by atoms with van der Waals surface area (Å²) in [6, 6.07) is 19.4. The highest BCUT2D eigenvalue weighted by molar-refractivity contribution is 6.52. The molecule has 12 heteroatoms. The lowest BCUT2D eigenvalue weighted by Crippen LogP contribution is -2.10. The van der Waals surface area contributed by atoms with Crippen molar-refractivity contribution in [2.24, 2.45) is 0 Å². The fourth-order valence-corrected chi connectivity index (χ4v) is 9.13. The molecule has 0 saturated heterocycles. The number of rotatable bonds is 2. The smallest absolute Gasteiger partial charge is 0.201 e. The number of H-pyrrole nitrogens is 2. The summed E-state index contributed by atoms with van der Waals surface area (Å²) in [6.07, 6.45) is 0. The number of fused-ring (bicyclic) bond motifs is 4. The van der Waals surface area contributed by atoms with E-state index < -0.39 is 45.4 Å². The molecule has 0 aliphatic heterocycles. The van der Waals surface area contributed by atoms with Crippen molar-refractivity contribution in [3.63, 3.8) is 0 Å². The second kappa shape index (κ2) is 9.13. The predicted molar refractivity (Wildman–Crippen MR) is 206 cm³/mol. The summed E-state index contributed by atoms with van der Waals surface area (Å²) in [5.41, 5.74) is 1.79. The van der Waals surface area contributed by atoms with E-state index in [9.17, 15) is 40.2 Å². The quantitative estimate of drug-likeness (QED) is 0.0652. The van der Waals surface area contributed by atoms with Crippen molar-refractivity contribution in [3.05, 3.63) is 93.2 Å². The number of nitrogens with zero attached hydrogens (tertiary/aromatic N) is 2. The molecule has 12 aromatic rings. The fourth-order valence-electron chi connectivity index (χ4n) is 9.13. The molecule has 0 aliphatic rings. The van der Waals surface area contributed by atoms with E-state index in [1.54, 1.807) is 0 Å². The number of imidazole rings is 2. The van der Waals surface area contributed by atoms with Crippen LogP contribution >= 0.6 is 0 Å². The summed E-state index contributed by atoms with van der Waals surface area (Å²) in [5, 5.41) is 70.3. The van der Waals surface area contributed by atoms with E-state index in [-0.39, 0.29) is 64.6 Å². The van der Waals surface area contributed by atoms with E-state index in [1.807, 2.05) is 48.5 Å². The molecule has 0 saturated carbocycles. The highest BCUT2D eigenvalue weighted by Gasteiger charge is 2.34. The minimum absolute atomic E-state index is 0.0498. The summed E-state index contributed by atoms with van der Waals surface area (Å²) in [4.78, 5) is 45.8. The molecule has 0 unspecified atom stereocenters. The minimum Gasteiger partial charge on any atom is -0.507 e. The first kappa shape index (κ1) is 28.8. The first-order valence-corrected chi connectivity index (χ1v) is 16.9. The number of aromatic nitrogens is 4. The Labute approximate surface area is 298 Å². The van der Waals surface area contributed by atoms with Crippen LogP contribution in [-0.4, -0.2) is 50.6 Å². The monoisotopic (exact) mass is 708 g/mol. The molecule has 10 aromatic carbocycles. The van der Waals surface area contributed by atoms with Crippen LogP contribution in [0.1, 0.15) is 0 Å². The second-order valence-corrected chi connectivity index (χ2v) is 13.8. The molecule has 0 atom stereocenters. The van der Waals surface area contributed by atoms with Crippen LogP contribution in [0.15, 0.2) is 82.4 Å². The zero-order valence-electron chi connectivity index (χ0n) is 27.3. The van der Waals surface area contributed by atoms with E-state index in [0.29, 0.717) is 55.6 Å². The Morgan fingerprint density at radius 2 is 0.685 bits per heavy atom. The molecule has 8 N–H and O–H groups in total. The van der Waals surface area contributed by atoms with Gasteiger partial charge >= 0.3 is 0 Å². The summed E-state index contributed by atoms with van der Waals surface area (Å²) in [7, 11) is 0. The summed E-state index contributed by atoms with van der Waals surface area (Å²) < 4.78 is 0. The van der Waals surface area contributed by atoms with Gasteiger partial charge in [0.05, 0.1) is 43.6 Å². The maximum Gasteiger partial charge on any atom is 0.201 e.